The number of rotatable bonds is 6. The van der Waals surface area contributed by atoms with Crippen LogP contribution in [0.15, 0.2) is 72.8 Å². The van der Waals surface area contributed by atoms with Gasteiger partial charge in [-0.1, -0.05) is 61.5 Å². The molecule has 0 aliphatic carbocycles. The SMILES string of the molecule is C[C@@H](CCc1ccc(-c2ccc(F)cc2F)cc1)C(=O)[O-].[NH3+]Cc1ccccc1. The molecule has 0 amide bonds. The Morgan fingerprint density at radius 2 is 1.62 bits per heavy atom. The van der Waals surface area contributed by atoms with Crippen molar-refractivity contribution in [2.75, 3.05) is 0 Å². The van der Waals surface area contributed by atoms with E-state index in [4.69, 9.17) is 0 Å². The fourth-order valence-electron chi connectivity index (χ4n) is 2.72. The number of carboxylic acid groups (broad SMARTS) is 1. The molecule has 5 heteroatoms. The van der Waals surface area contributed by atoms with Crippen molar-refractivity contribution >= 4 is 5.97 Å². The predicted molar refractivity (Wildman–Crippen MR) is 107 cm³/mol. The zero-order valence-corrected chi connectivity index (χ0v) is 16.4. The third-order valence-corrected chi connectivity index (χ3v) is 4.60. The minimum absolute atomic E-state index is 0.339. The first kappa shape index (κ1) is 22.2. The van der Waals surface area contributed by atoms with Gasteiger partial charge in [-0.25, -0.2) is 8.78 Å². The van der Waals surface area contributed by atoms with Crippen LogP contribution in [0.3, 0.4) is 0 Å². The molecule has 0 radical (unpaired) electrons. The minimum Gasteiger partial charge on any atom is -0.550 e. The Kier molecular flexibility index (Phi) is 8.49. The van der Waals surface area contributed by atoms with Gasteiger partial charge in [0.15, 0.2) is 0 Å². The summed E-state index contributed by atoms with van der Waals surface area (Å²) in [5.74, 6) is -2.77. The lowest BCUT2D eigenvalue weighted by atomic mass is 9.98. The molecule has 3 aromatic carbocycles. The van der Waals surface area contributed by atoms with Crippen LogP contribution in [0.5, 0.6) is 0 Å². The van der Waals surface area contributed by atoms with Crippen molar-refractivity contribution in [1.82, 2.24) is 0 Å². The molecule has 152 valence electrons. The average molecular weight is 397 g/mol. The van der Waals surface area contributed by atoms with Crippen LogP contribution in [0.1, 0.15) is 24.5 Å². The number of carbonyl (C=O) groups is 1. The van der Waals surface area contributed by atoms with Crippen LogP contribution >= 0.6 is 0 Å². The number of hydrogen-bond donors (Lipinski definition) is 1. The van der Waals surface area contributed by atoms with E-state index in [2.05, 4.69) is 17.9 Å². The van der Waals surface area contributed by atoms with Crippen molar-refractivity contribution < 1.29 is 24.4 Å². The molecule has 3 rings (SSSR count). The number of carboxylic acids is 1. The maximum Gasteiger partial charge on any atom is 0.133 e. The quantitative estimate of drug-likeness (QED) is 0.693. The number of carbonyl (C=O) groups excluding carboxylic acids is 1. The molecule has 0 heterocycles. The molecule has 0 aliphatic heterocycles. The summed E-state index contributed by atoms with van der Waals surface area (Å²) in [6.45, 7) is 2.50. The van der Waals surface area contributed by atoms with Gasteiger partial charge in [0, 0.05) is 23.2 Å². The highest BCUT2D eigenvalue weighted by Crippen LogP contribution is 2.24. The zero-order valence-electron chi connectivity index (χ0n) is 16.4. The number of aliphatic carboxylic acids is 1. The van der Waals surface area contributed by atoms with Crippen molar-refractivity contribution in [3.8, 4) is 11.1 Å². The molecule has 0 aliphatic rings. The molecule has 0 unspecified atom stereocenters. The highest BCUT2D eigenvalue weighted by molar-refractivity contribution is 5.67. The second-order valence-electron chi connectivity index (χ2n) is 6.82. The van der Waals surface area contributed by atoms with Crippen LogP contribution in [0.2, 0.25) is 0 Å². The van der Waals surface area contributed by atoms with Crippen molar-refractivity contribution in [2.24, 2.45) is 5.92 Å². The Balaban J connectivity index is 0.000000313. The molecular weight excluding hydrogens is 372 g/mol. The number of hydrogen-bond acceptors (Lipinski definition) is 2. The van der Waals surface area contributed by atoms with E-state index in [9.17, 15) is 18.7 Å². The highest BCUT2D eigenvalue weighted by atomic mass is 19.1. The van der Waals surface area contributed by atoms with Gasteiger partial charge < -0.3 is 15.6 Å². The Bertz CT molecular complexity index is 912. The van der Waals surface area contributed by atoms with Crippen molar-refractivity contribution in [1.29, 1.82) is 0 Å². The summed E-state index contributed by atoms with van der Waals surface area (Å²) >= 11 is 0. The third kappa shape index (κ3) is 7.12. The van der Waals surface area contributed by atoms with E-state index in [1.54, 1.807) is 19.1 Å². The summed E-state index contributed by atoms with van der Waals surface area (Å²) in [4.78, 5) is 10.6. The van der Waals surface area contributed by atoms with E-state index in [0.29, 0.717) is 24.0 Å². The van der Waals surface area contributed by atoms with E-state index in [0.717, 1.165) is 18.2 Å². The van der Waals surface area contributed by atoms with Crippen molar-refractivity contribution in [3.05, 3.63) is 95.6 Å². The number of aryl methyl sites for hydroxylation is 1. The summed E-state index contributed by atoms with van der Waals surface area (Å²) in [5.41, 5.74) is 7.02. The van der Waals surface area contributed by atoms with Crippen LogP contribution in [0.25, 0.3) is 11.1 Å². The van der Waals surface area contributed by atoms with Crippen molar-refractivity contribution in [2.45, 2.75) is 26.3 Å². The predicted octanol–water partition coefficient (Wildman–Crippen LogP) is 3.38. The maximum absolute atomic E-state index is 13.7. The van der Waals surface area contributed by atoms with Gasteiger partial charge in [0.05, 0.1) is 6.54 Å². The molecule has 29 heavy (non-hydrogen) atoms. The monoisotopic (exact) mass is 397 g/mol. The van der Waals surface area contributed by atoms with E-state index >= 15 is 0 Å². The van der Waals surface area contributed by atoms with Gasteiger partial charge in [0.25, 0.3) is 0 Å². The largest absolute Gasteiger partial charge is 0.550 e. The lowest BCUT2D eigenvalue weighted by Crippen LogP contribution is -2.47. The Morgan fingerprint density at radius 1 is 0.966 bits per heavy atom. The third-order valence-electron chi connectivity index (χ3n) is 4.60. The van der Waals surface area contributed by atoms with Crippen LogP contribution in [-0.4, -0.2) is 5.97 Å². The van der Waals surface area contributed by atoms with Crippen LogP contribution in [-0.2, 0) is 17.8 Å². The molecular formula is C24H25F2NO2. The second kappa shape index (κ2) is 11.1. The molecule has 3 aromatic rings. The van der Waals surface area contributed by atoms with Gasteiger partial charge in [-0.05, 0) is 42.0 Å². The Morgan fingerprint density at radius 3 is 2.14 bits per heavy atom. The Hall–Kier alpha value is -3.05. The average Bonchev–Trinajstić information content (AvgIpc) is 2.73. The molecule has 3 nitrogen and oxygen atoms in total. The van der Waals surface area contributed by atoms with Crippen molar-refractivity contribution in [3.63, 3.8) is 0 Å². The lowest BCUT2D eigenvalue weighted by Gasteiger charge is -2.12. The van der Waals surface area contributed by atoms with Gasteiger partial charge in [-0.15, -0.1) is 0 Å². The molecule has 0 spiro atoms. The topological polar surface area (TPSA) is 67.8 Å². The molecule has 0 fully saturated rings. The van der Waals surface area contributed by atoms with Gasteiger partial charge in [-0.2, -0.15) is 0 Å². The normalized spacial score (nSPS) is 11.3. The first-order chi connectivity index (χ1) is 13.9. The Labute approximate surface area is 169 Å². The smallest absolute Gasteiger partial charge is 0.133 e. The lowest BCUT2D eigenvalue weighted by molar-refractivity contribution is -0.386. The summed E-state index contributed by atoms with van der Waals surface area (Å²) < 4.78 is 26.5. The highest BCUT2D eigenvalue weighted by Gasteiger charge is 2.07. The van der Waals surface area contributed by atoms with Crippen LogP contribution in [0.4, 0.5) is 8.78 Å². The molecule has 0 saturated carbocycles. The van der Waals surface area contributed by atoms with E-state index in [1.807, 2.05) is 30.3 Å². The molecule has 3 N–H and O–H groups in total. The fraction of sp³-hybridized carbons (Fsp3) is 0.208. The number of benzene rings is 3. The standard InChI is InChI=1S/C17H16F2O2.C7H9N/c1-11(17(20)21)2-3-12-4-6-13(7-5-12)15-9-8-14(18)10-16(15)19;8-6-7-4-2-1-3-5-7/h4-11H,2-3H2,1H3,(H,20,21);1-5H,6,8H2/t11-;/m0./s1. The molecule has 1 atom stereocenters. The fourth-order valence-corrected chi connectivity index (χ4v) is 2.72. The number of quaternary nitrogens is 1. The summed E-state index contributed by atoms with van der Waals surface area (Å²) in [5, 5.41) is 10.6. The minimum atomic E-state index is -1.06. The van der Waals surface area contributed by atoms with E-state index in [-0.39, 0.29) is 0 Å². The first-order valence-electron chi connectivity index (χ1n) is 9.49. The first-order valence-corrected chi connectivity index (χ1v) is 9.49. The molecule has 0 aromatic heterocycles. The van der Waals surface area contributed by atoms with Crippen LogP contribution in [0, 0.1) is 17.6 Å². The van der Waals surface area contributed by atoms with Crippen LogP contribution < -0.4 is 10.8 Å². The number of halogens is 2. The summed E-state index contributed by atoms with van der Waals surface area (Å²) in [7, 11) is 0. The van der Waals surface area contributed by atoms with Gasteiger partial charge in [0.1, 0.15) is 11.6 Å². The van der Waals surface area contributed by atoms with Gasteiger partial charge in [0.2, 0.25) is 0 Å². The van der Waals surface area contributed by atoms with Gasteiger partial charge in [-0.3, -0.25) is 0 Å². The summed E-state index contributed by atoms with van der Waals surface area (Å²) in [6.07, 6.45) is 1.11. The van der Waals surface area contributed by atoms with Gasteiger partial charge >= 0.3 is 0 Å². The summed E-state index contributed by atoms with van der Waals surface area (Å²) in [6, 6.07) is 20.8. The van der Waals surface area contributed by atoms with E-state index < -0.39 is 23.5 Å². The zero-order chi connectivity index (χ0) is 21.2. The van der Waals surface area contributed by atoms with E-state index in [1.165, 1.54) is 17.7 Å². The molecule has 0 bridgehead atoms. The molecule has 0 saturated heterocycles. The maximum atomic E-state index is 13.7. The second-order valence-corrected chi connectivity index (χ2v) is 6.82.